The van der Waals surface area contributed by atoms with Crippen LogP contribution in [0, 0.1) is 17.3 Å². The molecule has 0 aromatic carbocycles. The fourth-order valence-electron chi connectivity index (χ4n) is 1.36. The van der Waals surface area contributed by atoms with Crippen molar-refractivity contribution >= 4 is 0 Å². The van der Waals surface area contributed by atoms with Gasteiger partial charge in [-0.1, -0.05) is 25.7 Å². The molecule has 0 amide bonds. The Morgan fingerprint density at radius 1 is 1.07 bits per heavy atom. The molecule has 1 heterocycles. The fourth-order valence-corrected chi connectivity index (χ4v) is 1.36. The average Bonchev–Trinajstić information content (AvgIpc) is 2.58. The molecular weight excluding hydrogens is 170 g/mol. The van der Waals surface area contributed by atoms with E-state index in [9.17, 15) is 0 Å². The van der Waals surface area contributed by atoms with E-state index in [1.54, 1.807) is 0 Å². The lowest BCUT2D eigenvalue weighted by atomic mass is 9.98. The first kappa shape index (κ1) is 13.5. The van der Waals surface area contributed by atoms with Crippen LogP contribution in [0.1, 0.15) is 47.5 Å². The van der Waals surface area contributed by atoms with Crippen LogP contribution in [-0.2, 0) is 0 Å². The van der Waals surface area contributed by atoms with Crippen molar-refractivity contribution in [2.45, 2.75) is 47.5 Å². The zero-order valence-electron chi connectivity index (χ0n) is 10.5. The summed E-state index contributed by atoms with van der Waals surface area (Å²) >= 11 is 0. The Bertz CT molecular complexity index is 184. The largest absolute Gasteiger partial charge is 0.292 e. The molecule has 1 aliphatic rings. The van der Waals surface area contributed by atoms with Crippen LogP contribution in [0.3, 0.4) is 0 Å². The Morgan fingerprint density at radius 3 is 2.00 bits per heavy atom. The molecule has 1 rings (SSSR count). The Morgan fingerprint density at radius 2 is 1.57 bits per heavy atom. The molecule has 14 heavy (non-hydrogen) atoms. The van der Waals surface area contributed by atoms with Crippen LogP contribution in [0.2, 0.25) is 0 Å². The molecule has 1 heteroatoms. The number of hydrogen-bond acceptors (Lipinski definition) is 1. The first-order valence-electron chi connectivity index (χ1n) is 5.80. The zero-order valence-corrected chi connectivity index (χ0v) is 10.5. The average molecular weight is 195 g/mol. The summed E-state index contributed by atoms with van der Waals surface area (Å²) in [4.78, 5) is 2.43. The van der Waals surface area contributed by atoms with Gasteiger partial charge in [0.05, 0.1) is 6.54 Å². The summed E-state index contributed by atoms with van der Waals surface area (Å²) < 4.78 is 0. The van der Waals surface area contributed by atoms with E-state index in [4.69, 9.17) is 0 Å². The predicted molar refractivity (Wildman–Crippen MR) is 64.3 cm³/mol. The Kier molecular flexibility index (Phi) is 6.66. The molecule has 0 aromatic rings. The van der Waals surface area contributed by atoms with Crippen molar-refractivity contribution < 1.29 is 0 Å². The summed E-state index contributed by atoms with van der Waals surface area (Å²) in [6.07, 6.45) is 2.72. The molecule has 0 saturated carbocycles. The minimum absolute atomic E-state index is 0.166. The molecule has 1 saturated heterocycles. The van der Waals surface area contributed by atoms with Crippen LogP contribution >= 0.6 is 0 Å². The Balaban J connectivity index is 0.000000791. The van der Waals surface area contributed by atoms with E-state index in [0.717, 1.165) is 6.54 Å². The Hall–Kier alpha value is -0.480. The van der Waals surface area contributed by atoms with Crippen LogP contribution in [0.4, 0.5) is 0 Å². The number of nitrogens with zero attached hydrogens (tertiary/aromatic N) is 1. The van der Waals surface area contributed by atoms with Gasteiger partial charge in [-0.05, 0) is 46.7 Å². The molecule has 0 atom stereocenters. The monoisotopic (exact) mass is 195 g/mol. The summed E-state index contributed by atoms with van der Waals surface area (Å²) in [5, 5.41) is 0. The summed E-state index contributed by atoms with van der Waals surface area (Å²) in [5.74, 6) is 6.50. The van der Waals surface area contributed by atoms with Crippen molar-refractivity contribution in [2.24, 2.45) is 5.41 Å². The maximum Gasteiger partial charge on any atom is 0.0601 e. The van der Waals surface area contributed by atoms with E-state index in [1.807, 2.05) is 13.8 Å². The third-order valence-electron chi connectivity index (χ3n) is 1.96. The molecule has 0 aliphatic carbocycles. The summed E-state index contributed by atoms with van der Waals surface area (Å²) in [5.41, 5.74) is 0.166. The second-order valence-corrected chi connectivity index (χ2v) is 4.54. The second-order valence-electron chi connectivity index (χ2n) is 4.54. The van der Waals surface area contributed by atoms with E-state index >= 15 is 0 Å². The lowest BCUT2D eigenvalue weighted by Gasteiger charge is -2.11. The predicted octanol–water partition coefficient (Wildman–Crippen LogP) is 3.16. The van der Waals surface area contributed by atoms with Crippen LogP contribution in [0.5, 0.6) is 0 Å². The molecule has 0 bridgehead atoms. The lowest BCUT2D eigenvalue weighted by Crippen LogP contribution is -2.19. The van der Waals surface area contributed by atoms with Gasteiger partial charge >= 0.3 is 0 Å². The molecule has 0 radical (unpaired) electrons. The first-order chi connectivity index (χ1) is 6.58. The maximum atomic E-state index is 3.26. The van der Waals surface area contributed by atoms with Gasteiger partial charge in [-0.15, -0.1) is 0 Å². The number of rotatable bonds is 1. The van der Waals surface area contributed by atoms with Crippen molar-refractivity contribution in [1.29, 1.82) is 0 Å². The van der Waals surface area contributed by atoms with E-state index < -0.39 is 0 Å². The van der Waals surface area contributed by atoms with Gasteiger partial charge in [-0.3, -0.25) is 4.90 Å². The van der Waals surface area contributed by atoms with Gasteiger partial charge in [-0.25, -0.2) is 0 Å². The van der Waals surface area contributed by atoms with E-state index in [-0.39, 0.29) is 5.41 Å². The zero-order chi connectivity index (χ0) is 11.0. The van der Waals surface area contributed by atoms with E-state index in [1.165, 1.54) is 25.9 Å². The van der Waals surface area contributed by atoms with Gasteiger partial charge in [-0.2, -0.15) is 0 Å². The van der Waals surface area contributed by atoms with E-state index in [2.05, 4.69) is 37.5 Å². The van der Waals surface area contributed by atoms with Gasteiger partial charge in [0.2, 0.25) is 0 Å². The van der Waals surface area contributed by atoms with Crippen LogP contribution in [-0.4, -0.2) is 24.5 Å². The number of likely N-dealkylation sites (tertiary alicyclic amines) is 1. The highest BCUT2D eigenvalue weighted by Gasteiger charge is 2.09. The van der Waals surface area contributed by atoms with Gasteiger partial charge in [0, 0.05) is 5.41 Å². The molecule has 0 unspecified atom stereocenters. The molecule has 0 aromatic heterocycles. The minimum atomic E-state index is 0.166. The first-order valence-corrected chi connectivity index (χ1v) is 5.80. The van der Waals surface area contributed by atoms with Crippen LogP contribution < -0.4 is 0 Å². The highest BCUT2D eigenvalue weighted by atomic mass is 15.1. The van der Waals surface area contributed by atoms with Gasteiger partial charge in [0.25, 0.3) is 0 Å². The normalized spacial score (nSPS) is 16.6. The molecule has 1 nitrogen and oxygen atoms in total. The van der Waals surface area contributed by atoms with Crippen molar-refractivity contribution in [1.82, 2.24) is 4.90 Å². The lowest BCUT2D eigenvalue weighted by molar-refractivity contribution is 0.382. The highest BCUT2D eigenvalue weighted by Crippen LogP contribution is 2.10. The topological polar surface area (TPSA) is 3.24 Å². The van der Waals surface area contributed by atoms with Gasteiger partial charge in [0.15, 0.2) is 0 Å². The van der Waals surface area contributed by atoms with Crippen molar-refractivity contribution in [3.63, 3.8) is 0 Å². The summed E-state index contributed by atoms with van der Waals surface area (Å²) in [6, 6.07) is 0. The SMILES string of the molecule is CC.CC(C)(C)C#CCN1CCCC1. The van der Waals surface area contributed by atoms with Gasteiger partial charge in [0.1, 0.15) is 0 Å². The van der Waals surface area contributed by atoms with Crippen LogP contribution in [0.25, 0.3) is 0 Å². The van der Waals surface area contributed by atoms with E-state index in [0.29, 0.717) is 0 Å². The third-order valence-corrected chi connectivity index (χ3v) is 1.96. The Labute approximate surface area is 89.9 Å². The quantitative estimate of drug-likeness (QED) is 0.581. The summed E-state index contributed by atoms with van der Waals surface area (Å²) in [6.45, 7) is 13.9. The summed E-state index contributed by atoms with van der Waals surface area (Å²) in [7, 11) is 0. The van der Waals surface area contributed by atoms with Crippen molar-refractivity contribution in [3.05, 3.63) is 0 Å². The minimum Gasteiger partial charge on any atom is -0.292 e. The van der Waals surface area contributed by atoms with Crippen molar-refractivity contribution in [2.75, 3.05) is 19.6 Å². The van der Waals surface area contributed by atoms with Gasteiger partial charge < -0.3 is 0 Å². The fraction of sp³-hybridized carbons (Fsp3) is 0.846. The molecule has 0 spiro atoms. The second kappa shape index (κ2) is 6.90. The molecule has 0 N–H and O–H groups in total. The molecule has 1 fully saturated rings. The molecule has 82 valence electrons. The highest BCUT2D eigenvalue weighted by molar-refractivity contribution is 5.08. The third kappa shape index (κ3) is 6.97. The van der Waals surface area contributed by atoms with Crippen molar-refractivity contribution in [3.8, 4) is 11.8 Å². The van der Waals surface area contributed by atoms with Crippen LogP contribution in [0.15, 0.2) is 0 Å². The number of hydrogen-bond donors (Lipinski definition) is 0. The maximum absolute atomic E-state index is 3.26. The smallest absolute Gasteiger partial charge is 0.0601 e. The standard InChI is InChI=1S/C11H19N.C2H6/c1-11(2,3)7-6-10-12-8-4-5-9-12;1-2/h4-5,8-10H2,1-3H3;1-2H3. The molecule has 1 aliphatic heterocycles. The molecular formula is C13H25N.